The topological polar surface area (TPSA) is 83.5 Å². The molecule has 0 aliphatic carbocycles. The summed E-state index contributed by atoms with van der Waals surface area (Å²) < 4.78 is 40.1. The fraction of sp³-hybridized carbons (Fsp3) is 0.154. The Morgan fingerprint density at radius 3 is 2.43 bits per heavy atom. The quantitative estimate of drug-likeness (QED) is 0.903. The molecule has 2 rings (SSSR count). The molecule has 1 aromatic carbocycles. The van der Waals surface area contributed by atoms with E-state index in [0.717, 1.165) is 23.5 Å². The lowest BCUT2D eigenvalue weighted by Crippen LogP contribution is -2.13. The van der Waals surface area contributed by atoms with Crippen LogP contribution in [0.5, 0.6) is 0 Å². The smallest absolute Gasteiger partial charge is 0.345 e. The first kappa shape index (κ1) is 15.5. The van der Waals surface area contributed by atoms with Crippen LogP contribution in [0.3, 0.4) is 0 Å². The second kappa shape index (κ2) is 5.45. The summed E-state index contributed by atoms with van der Waals surface area (Å²) in [6.45, 7) is 3.15. The summed E-state index contributed by atoms with van der Waals surface area (Å²) >= 11 is 0.873. The summed E-state index contributed by atoms with van der Waals surface area (Å²) in [4.78, 5) is 11.1. The van der Waals surface area contributed by atoms with E-state index in [1.807, 2.05) is 0 Å². The third kappa shape index (κ3) is 3.40. The summed E-state index contributed by atoms with van der Waals surface area (Å²) in [5, 5.41) is 8.90. The van der Waals surface area contributed by atoms with Crippen molar-refractivity contribution < 1.29 is 22.7 Å². The average Bonchev–Trinajstić information content (AvgIpc) is 2.70. The molecular formula is C13H12FNO4S2. The molecule has 2 N–H and O–H groups in total. The first-order valence-corrected chi connectivity index (χ1v) is 8.13. The Hall–Kier alpha value is -1.93. The standard InChI is InChI=1S/C13H12FNO4S2/c1-7-3-9(14)5-10(4-7)15-21(18,19)12-6-11(13(16)17)20-8(12)2/h3-6,15H,1-2H3,(H,16,17). The minimum atomic E-state index is -3.96. The molecule has 112 valence electrons. The fourth-order valence-electron chi connectivity index (χ4n) is 1.84. The van der Waals surface area contributed by atoms with Gasteiger partial charge in [0.15, 0.2) is 0 Å². The number of carboxylic acid groups (broad SMARTS) is 1. The third-order valence-corrected chi connectivity index (χ3v) is 5.34. The van der Waals surface area contributed by atoms with Gasteiger partial charge in [-0.25, -0.2) is 17.6 Å². The molecule has 0 saturated carbocycles. The number of thiophene rings is 1. The van der Waals surface area contributed by atoms with Crippen LogP contribution in [-0.2, 0) is 10.0 Å². The van der Waals surface area contributed by atoms with Crippen LogP contribution in [0.2, 0.25) is 0 Å². The number of anilines is 1. The number of benzene rings is 1. The second-order valence-corrected chi connectivity index (χ2v) is 7.37. The largest absolute Gasteiger partial charge is 0.477 e. The van der Waals surface area contributed by atoms with E-state index in [1.54, 1.807) is 6.92 Å². The molecule has 0 amide bonds. The summed E-state index contributed by atoms with van der Waals surface area (Å²) in [5.74, 6) is -1.74. The van der Waals surface area contributed by atoms with Gasteiger partial charge >= 0.3 is 5.97 Å². The van der Waals surface area contributed by atoms with Crippen LogP contribution in [-0.4, -0.2) is 19.5 Å². The van der Waals surface area contributed by atoms with Crippen LogP contribution in [0.1, 0.15) is 20.1 Å². The number of aromatic carboxylic acids is 1. The highest BCUT2D eigenvalue weighted by molar-refractivity contribution is 7.93. The monoisotopic (exact) mass is 329 g/mol. The molecule has 0 atom stereocenters. The minimum absolute atomic E-state index is 0.0664. The van der Waals surface area contributed by atoms with Gasteiger partial charge in [0.05, 0.1) is 5.69 Å². The van der Waals surface area contributed by atoms with E-state index in [0.29, 0.717) is 10.4 Å². The van der Waals surface area contributed by atoms with Crippen molar-refractivity contribution in [3.8, 4) is 0 Å². The summed E-state index contributed by atoms with van der Waals surface area (Å²) in [7, 11) is -3.96. The molecule has 1 aromatic heterocycles. The summed E-state index contributed by atoms with van der Waals surface area (Å²) in [5.41, 5.74) is 0.663. The lowest BCUT2D eigenvalue weighted by molar-refractivity contribution is 0.0702. The van der Waals surface area contributed by atoms with E-state index in [2.05, 4.69) is 4.72 Å². The van der Waals surface area contributed by atoms with E-state index < -0.39 is 21.8 Å². The number of rotatable bonds is 4. The number of sulfonamides is 1. The van der Waals surface area contributed by atoms with Gasteiger partial charge in [-0.1, -0.05) is 0 Å². The highest BCUT2D eigenvalue weighted by atomic mass is 32.2. The maximum Gasteiger partial charge on any atom is 0.345 e. The summed E-state index contributed by atoms with van der Waals surface area (Å²) in [6, 6.07) is 4.91. The third-order valence-electron chi connectivity index (χ3n) is 2.67. The van der Waals surface area contributed by atoms with Gasteiger partial charge in [-0.15, -0.1) is 11.3 Å². The number of aryl methyl sites for hydroxylation is 2. The second-order valence-electron chi connectivity index (χ2n) is 4.46. The molecule has 5 nitrogen and oxygen atoms in total. The van der Waals surface area contributed by atoms with Crippen molar-refractivity contribution in [2.75, 3.05) is 4.72 Å². The normalized spacial score (nSPS) is 11.4. The summed E-state index contributed by atoms with van der Waals surface area (Å²) in [6.07, 6.45) is 0. The van der Waals surface area contributed by atoms with Crippen LogP contribution in [0.25, 0.3) is 0 Å². The van der Waals surface area contributed by atoms with Gasteiger partial charge in [-0.2, -0.15) is 0 Å². The van der Waals surface area contributed by atoms with Crippen LogP contribution in [0.15, 0.2) is 29.2 Å². The SMILES string of the molecule is Cc1cc(F)cc(NS(=O)(=O)c2cc(C(=O)O)sc2C)c1. The van der Waals surface area contributed by atoms with E-state index >= 15 is 0 Å². The Bertz CT molecular complexity index is 791. The molecule has 0 spiro atoms. The van der Waals surface area contributed by atoms with Crippen molar-refractivity contribution in [1.29, 1.82) is 0 Å². The minimum Gasteiger partial charge on any atom is -0.477 e. The zero-order valence-corrected chi connectivity index (χ0v) is 12.8. The van der Waals surface area contributed by atoms with Crippen LogP contribution in [0, 0.1) is 19.7 Å². The van der Waals surface area contributed by atoms with Crippen LogP contribution >= 0.6 is 11.3 Å². The molecule has 0 unspecified atom stereocenters. The predicted molar refractivity (Wildman–Crippen MR) is 78.0 cm³/mol. The lowest BCUT2D eigenvalue weighted by atomic mass is 10.2. The van der Waals surface area contributed by atoms with Gasteiger partial charge in [0.2, 0.25) is 0 Å². The first-order chi connectivity index (χ1) is 9.69. The van der Waals surface area contributed by atoms with E-state index in [4.69, 9.17) is 5.11 Å². The van der Waals surface area contributed by atoms with Crippen LogP contribution in [0.4, 0.5) is 10.1 Å². The number of nitrogens with one attached hydrogen (secondary N) is 1. The van der Waals surface area contributed by atoms with Crippen molar-refractivity contribution >= 4 is 33.0 Å². The molecule has 0 aliphatic rings. The lowest BCUT2D eigenvalue weighted by Gasteiger charge is -2.08. The van der Waals surface area contributed by atoms with Gasteiger partial charge in [-0.3, -0.25) is 4.72 Å². The molecule has 21 heavy (non-hydrogen) atoms. The zero-order chi connectivity index (χ0) is 15.8. The number of hydrogen-bond acceptors (Lipinski definition) is 4. The molecule has 8 heteroatoms. The maximum atomic E-state index is 13.3. The molecule has 2 aromatic rings. The van der Waals surface area contributed by atoms with E-state index in [-0.39, 0.29) is 15.5 Å². The van der Waals surface area contributed by atoms with E-state index in [9.17, 15) is 17.6 Å². The highest BCUT2D eigenvalue weighted by Gasteiger charge is 2.22. The number of carbonyl (C=O) groups is 1. The average molecular weight is 329 g/mol. The van der Waals surface area contributed by atoms with Gasteiger partial charge < -0.3 is 5.11 Å². The molecule has 0 fully saturated rings. The Morgan fingerprint density at radius 2 is 1.90 bits per heavy atom. The van der Waals surface area contributed by atoms with E-state index in [1.165, 1.54) is 19.1 Å². The molecule has 0 saturated heterocycles. The van der Waals surface area contributed by atoms with Gasteiger partial charge in [0, 0.05) is 4.88 Å². The number of halogens is 1. The molecule has 1 heterocycles. The molecule has 0 aliphatic heterocycles. The van der Waals surface area contributed by atoms with Crippen molar-refractivity contribution in [2.24, 2.45) is 0 Å². The molecule has 0 radical (unpaired) electrons. The Morgan fingerprint density at radius 1 is 1.24 bits per heavy atom. The number of hydrogen-bond donors (Lipinski definition) is 2. The van der Waals surface area contributed by atoms with Crippen molar-refractivity contribution in [3.05, 3.63) is 45.4 Å². The Kier molecular flexibility index (Phi) is 4.02. The van der Waals surface area contributed by atoms with Crippen molar-refractivity contribution in [3.63, 3.8) is 0 Å². The van der Waals surface area contributed by atoms with Gasteiger partial charge in [-0.05, 0) is 43.7 Å². The first-order valence-electron chi connectivity index (χ1n) is 5.83. The van der Waals surface area contributed by atoms with Crippen LogP contribution < -0.4 is 4.72 Å². The van der Waals surface area contributed by atoms with Gasteiger partial charge in [0.25, 0.3) is 10.0 Å². The predicted octanol–water partition coefficient (Wildman–Crippen LogP) is 3.00. The van der Waals surface area contributed by atoms with Crippen molar-refractivity contribution in [2.45, 2.75) is 18.7 Å². The van der Waals surface area contributed by atoms with Crippen molar-refractivity contribution in [1.82, 2.24) is 0 Å². The number of carboxylic acids is 1. The van der Waals surface area contributed by atoms with Gasteiger partial charge in [0.1, 0.15) is 15.6 Å². The maximum absolute atomic E-state index is 13.3. The highest BCUT2D eigenvalue weighted by Crippen LogP contribution is 2.27. The Balaban J connectivity index is 2.40. The Labute approximate surface area is 125 Å². The zero-order valence-electron chi connectivity index (χ0n) is 11.2. The molecular weight excluding hydrogens is 317 g/mol. The molecule has 0 bridgehead atoms. The fourth-order valence-corrected chi connectivity index (χ4v) is 4.31.